The quantitative estimate of drug-likeness (QED) is 0.189. The average Bonchev–Trinajstić information content (AvgIpc) is 4.03. The van der Waals surface area contributed by atoms with Gasteiger partial charge in [0.05, 0.1) is 28.2 Å². The van der Waals surface area contributed by atoms with Crippen LogP contribution in [0, 0.1) is 0 Å². The van der Waals surface area contributed by atoms with Crippen molar-refractivity contribution in [1.29, 1.82) is 0 Å². The second-order valence-electron chi connectivity index (χ2n) is 14.8. The predicted molar refractivity (Wildman–Crippen MR) is 230 cm³/mol. The van der Waals surface area contributed by atoms with Crippen LogP contribution in [0.4, 0.5) is 0 Å². The minimum atomic E-state index is -0.462. The molecule has 0 saturated heterocycles. The highest BCUT2D eigenvalue weighted by Crippen LogP contribution is 2.58. The maximum atomic E-state index is 4.43. The molecule has 7 aromatic carbocycles. The number of aromatic amines is 1. The van der Waals surface area contributed by atoms with Gasteiger partial charge in [0.1, 0.15) is 5.65 Å². The Balaban J connectivity index is 1.04. The van der Waals surface area contributed by atoms with Crippen LogP contribution in [0.1, 0.15) is 22.3 Å². The first kappa shape index (κ1) is 31.0. The Bertz CT molecular complexity index is 3240. The van der Waals surface area contributed by atoms with Gasteiger partial charge in [-0.1, -0.05) is 140 Å². The third-order valence-corrected chi connectivity index (χ3v) is 12.1. The van der Waals surface area contributed by atoms with Crippen LogP contribution >= 0.6 is 0 Å². The van der Waals surface area contributed by atoms with E-state index < -0.39 is 5.41 Å². The standard InChI is InChI=1S/C52H34N4/c1-3-11-36(12-4-1)52(37-13-5-2-6-14-37)45-17-9-7-16-44(45)49-46(52)28-27-42-40-15-8-10-18-47(40)55(50(42)49)38-23-19-34(20-24-38)35-21-25-39(26-22-35)56-48-33-53-31-29-41(48)43-30-32-54-51(43)56/h1-33,54H. The normalized spacial score (nSPS) is 13.1. The van der Waals surface area contributed by atoms with E-state index in [2.05, 4.69) is 201 Å². The zero-order valence-corrected chi connectivity index (χ0v) is 30.4. The number of hydrogen-bond donors (Lipinski definition) is 1. The molecule has 1 aliphatic rings. The van der Waals surface area contributed by atoms with Gasteiger partial charge >= 0.3 is 0 Å². The van der Waals surface area contributed by atoms with Gasteiger partial charge < -0.3 is 9.55 Å². The van der Waals surface area contributed by atoms with E-state index in [1.807, 2.05) is 18.6 Å². The number of H-pyrrole nitrogens is 1. The van der Waals surface area contributed by atoms with Crippen LogP contribution in [0.3, 0.4) is 0 Å². The van der Waals surface area contributed by atoms with Crippen LogP contribution in [0.15, 0.2) is 201 Å². The van der Waals surface area contributed by atoms with E-state index in [1.54, 1.807) is 0 Å². The fourth-order valence-electron chi connectivity index (χ4n) is 9.80. The highest BCUT2D eigenvalue weighted by molar-refractivity contribution is 6.16. The zero-order valence-electron chi connectivity index (χ0n) is 30.4. The van der Waals surface area contributed by atoms with Crippen molar-refractivity contribution in [1.82, 2.24) is 19.1 Å². The first-order valence-corrected chi connectivity index (χ1v) is 19.2. The van der Waals surface area contributed by atoms with Crippen molar-refractivity contribution < 1.29 is 0 Å². The number of fused-ring (bicyclic) bond motifs is 10. The van der Waals surface area contributed by atoms with Crippen molar-refractivity contribution >= 4 is 43.7 Å². The fourth-order valence-corrected chi connectivity index (χ4v) is 9.80. The Kier molecular flexibility index (Phi) is 6.52. The lowest BCUT2D eigenvalue weighted by molar-refractivity contribution is 0.769. The summed E-state index contributed by atoms with van der Waals surface area (Å²) >= 11 is 0. The molecule has 0 spiro atoms. The molecule has 0 unspecified atom stereocenters. The molecule has 0 atom stereocenters. The maximum Gasteiger partial charge on any atom is 0.123 e. The highest BCUT2D eigenvalue weighted by Gasteiger charge is 2.47. The molecular formula is C52H34N4. The highest BCUT2D eigenvalue weighted by atomic mass is 15.1. The Morgan fingerprint density at radius 1 is 0.446 bits per heavy atom. The second-order valence-corrected chi connectivity index (χ2v) is 14.8. The lowest BCUT2D eigenvalue weighted by Gasteiger charge is -2.33. The van der Waals surface area contributed by atoms with Crippen molar-refractivity contribution in [3.8, 4) is 33.6 Å². The third-order valence-electron chi connectivity index (χ3n) is 12.1. The van der Waals surface area contributed by atoms with Gasteiger partial charge in [0.2, 0.25) is 0 Å². The average molecular weight is 715 g/mol. The lowest BCUT2D eigenvalue weighted by atomic mass is 9.67. The monoisotopic (exact) mass is 714 g/mol. The van der Waals surface area contributed by atoms with Gasteiger partial charge in [0.15, 0.2) is 0 Å². The lowest BCUT2D eigenvalue weighted by Crippen LogP contribution is -2.28. The number of rotatable bonds is 5. The van der Waals surface area contributed by atoms with E-state index in [0.717, 1.165) is 22.5 Å². The largest absolute Gasteiger partial charge is 0.347 e. The number of nitrogens with zero attached hydrogens (tertiary/aromatic N) is 3. The molecule has 1 aliphatic carbocycles. The molecule has 262 valence electrons. The third kappa shape index (κ3) is 4.15. The fraction of sp³-hybridized carbons (Fsp3) is 0.0192. The molecule has 0 aliphatic heterocycles. The summed E-state index contributed by atoms with van der Waals surface area (Å²) in [6.45, 7) is 0. The van der Waals surface area contributed by atoms with Crippen LogP contribution in [0.25, 0.3) is 77.4 Å². The molecule has 11 aromatic rings. The molecule has 4 nitrogen and oxygen atoms in total. The number of pyridine rings is 1. The minimum absolute atomic E-state index is 0.462. The number of aromatic nitrogens is 4. The molecule has 1 N–H and O–H groups in total. The molecule has 0 radical (unpaired) electrons. The van der Waals surface area contributed by atoms with E-state index in [1.165, 1.54) is 77.1 Å². The van der Waals surface area contributed by atoms with E-state index >= 15 is 0 Å². The molecule has 4 heterocycles. The Morgan fingerprint density at radius 3 is 1.80 bits per heavy atom. The van der Waals surface area contributed by atoms with Gasteiger partial charge in [-0.3, -0.25) is 9.55 Å². The van der Waals surface area contributed by atoms with Gasteiger partial charge in [-0.25, -0.2) is 0 Å². The zero-order chi connectivity index (χ0) is 36.8. The summed E-state index contributed by atoms with van der Waals surface area (Å²) in [6.07, 6.45) is 5.81. The van der Waals surface area contributed by atoms with Crippen LogP contribution in [-0.4, -0.2) is 19.1 Å². The van der Waals surface area contributed by atoms with Crippen molar-refractivity contribution in [2.24, 2.45) is 0 Å². The van der Waals surface area contributed by atoms with E-state index in [0.29, 0.717) is 0 Å². The van der Waals surface area contributed by atoms with Gasteiger partial charge in [-0.05, 0) is 81.4 Å². The van der Waals surface area contributed by atoms with Crippen LogP contribution in [-0.2, 0) is 5.41 Å². The topological polar surface area (TPSA) is 38.5 Å². The molecule has 0 bridgehead atoms. The number of benzene rings is 7. The molecule has 0 fully saturated rings. The van der Waals surface area contributed by atoms with Crippen LogP contribution in [0.5, 0.6) is 0 Å². The molecule has 56 heavy (non-hydrogen) atoms. The summed E-state index contributed by atoms with van der Waals surface area (Å²) in [7, 11) is 0. The number of nitrogens with one attached hydrogen (secondary N) is 1. The molecule has 4 heteroatoms. The summed E-state index contributed by atoms with van der Waals surface area (Å²) in [5.41, 5.74) is 16.5. The van der Waals surface area contributed by atoms with E-state index in [4.69, 9.17) is 0 Å². The second kappa shape index (κ2) is 11.8. The van der Waals surface area contributed by atoms with Crippen LogP contribution < -0.4 is 0 Å². The molecular weight excluding hydrogens is 681 g/mol. The Morgan fingerprint density at radius 2 is 1.07 bits per heavy atom. The summed E-state index contributed by atoms with van der Waals surface area (Å²) < 4.78 is 4.75. The molecule has 0 amide bonds. The predicted octanol–water partition coefficient (Wildman–Crippen LogP) is 12.6. The number of hydrogen-bond acceptors (Lipinski definition) is 1. The van der Waals surface area contributed by atoms with Gasteiger partial charge in [-0.2, -0.15) is 0 Å². The Labute approximate surface area is 323 Å². The van der Waals surface area contributed by atoms with Crippen molar-refractivity contribution in [2.75, 3.05) is 0 Å². The summed E-state index contributed by atoms with van der Waals surface area (Å²) in [5.74, 6) is 0. The first-order chi connectivity index (χ1) is 27.8. The summed E-state index contributed by atoms with van der Waals surface area (Å²) in [6, 6.07) is 66.9. The maximum absolute atomic E-state index is 4.43. The van der Waals surface area contributed by atoms with E-state index in [9.17, 15) is 0 Å². The van der Waals surface area contributed by atoms with Gasteiger partial charge in [-0.15, -0.1) is 0 Å². The van der Waals surface area contributed by atoms with Gasteiger partial charge in [0.25, 0.3) is 0 Å². The summed E-state index contributed by atoms with van der Waals surface area (Å²) in [4.78, 5) is 7.88. The van der Waals surface area contributed by atoms with Crippen molar-refractivity contribution in [3.05, 3.63) is 223 Å². The smallest absolute Gasteiger partial charge is 0.123 e. The van der Waals surface area contributed by atoms with Crippen LogP contribution in [0.2, 0.25) is 0 Å². The SMILES string of the molecule is c1ccc(C2(c3ccccc3)c3ccccc3-c3c2ccc2c4ccccc4n(-c4ccc(-c5ccc(-n6c7cnccc7c7cc[nH]c76)cc5)cc4)c32)cc1. The van der Waals surface area contributed by atoms with Gasteiger partial charge in [0, 0.05) is 50.9 Å². The first-order valence-electron chi connectivity index (χ1n) is 19.2. The summed E-state index contributed by atoms with van der Waals surface area (Å²) in [5, 5.41) is 4.91. The molecule has 0 saturated carbocycles. The van der Waals surface area contributed by atoms with Crippen molar-refractivity contribution in [3.63, 3.8) is 0 Å². The van der Waals surface area contributed by atoms with E-state index in [-0.39, 0.29) is 0 Å². The van der Waals surface area contributed by atoms with Crippen molar-refractivity contribution in [2.45, 2.75) is 5.41 Å². The molecule has 12 rings (SSSR count). The minimum Gasteiger partial charge on any atom is -0.347 e. The Hall–Kier alpha value is -7.43. The number of para-hydroxylation sites is 1. The molecule has 4 aromatic heterocycles.